The van der Waals surface area contributed by atoms with E-state index in [0.717, 1.165) is 5.82 Å². The molecular formula is C8H10N6. The van der Waals surface area contributed by atoms with Crippen molar-refractivity contribution in [2.24, 2.45) is 0 Å². The molecule has 0 bridgehead atoms. The van der Waals surface area contributed by atoms with Crippen LogP contribution in [-0.2, 0) is 0 Å². The first kappa shape index (κ1) is 8.61. The SMILES string of the molecule is Cc1nc(C)n(-c2nccnc2N)n1. The van der Waals surface area contributed by atoms with E-state index >= 15 is 0 Å². The van der Waals surface area contributed by atoms with E-state index in [1.807, 2.05) is 13.8 Å². The lowest BCUT2D eigenvalue weighted by Crippen LogP contribution is -2.07. The summed E-state index contributed by atoms with van der Waals surface area (Å²) in [6.07, 6.45) is 3.11. The molecule has 0 fully saturated rings. The molecule has 0 aliphatic heterocycles. The molecule has 2 aromatic rings. The van der Waals surface area contributed by atoms with Crippen LogP contribution in [0.1, 0.15) is 11.6 Å². The Morgan fingerprint density at radius 3 is 2.50 bits per heavy atom. The first-order valence-electron chi connectivity index (χ1n) is 4.15. The van der Waals surface area contributed by atoms with Crippen molar-refractivity contribution in [3.8, 4) is 5.82 Å². The normalized spacial score (nSPS) is 10.4. The molecule has 6 heteroatoms. The van der Waals surface area contributed by atoms with Crippen molar-refractivity contribution in [2.45, 2.75) is 13.8 Å². The molecule has 2 heterocycles. The van der Waals surface area contributed by atoms with E-state index < -0.39 is 0 Å². The predicted molar refractivity (Wildman–Crippen MR) is 50.8 cm³/mol. The maximum atomic E-state index is 5.67. The van der Waals surface area contributed by atoms with Gasteiger partial charge in [0.05, 0.1) is 0 Å². The van der Waals surface area contributed by atoms with Gasteiger partial charge in [0.2, 0.25) is 0 Å². The standard InChI is InChI=1S/C8H10N6/c1-5-12-6(2)14(13-5)8-7(9)10-3-4-11-8/h3-4H,1-2H3,(H2,9,10). The number of rotatable bonds is 1. The molecule has 2 aromatic heterocycles. The average Bonchev–Trinajstić information content (AvgIpc) is 2.46. The lowest BCUT2D eigenvalue weighted by Gasteiger charge is -2.02. The monoisotopic (exact) mass is 190 g/mol. The van der Waals surface area contributed by atoms with E-state index in [0.29, 0.717) is 17.5 Å². The van der Waals surface area contributed by atoms with Crippen LogP contribution in [0.25, 0.3) is 5.82 Å². The molecule has 6 nitrogen and oxygen atoms in total. The Bertz CT molecular complexity index is 461. The molecule has 2 rings (SSSR count). The smallest absolute Gasteiger partial charge is 0.198 e. The fourth-order valence-electron chi connectivity index (χ4n) is 1.23. The van der Waals surface area contributed by atoms with Gasteiger partial charge in [-0.1, -0.05) is 0 Å². The van der Waals surface area contributed by atoms with Gasteiger partial charge in [-0.25, -0.2) is 15.0 Å². The van der Waals surface area contributed by atoms with E-state index in [4.69, 9.17) is 5.73 Å². The van der Waals surface area contributed by atoms with Crippen LogP contribution in [0.5, 0.6) is 0 Å². The zero-order valence-electron chi connectivity index (χ0n) is 7.97. The zero-order chi connectivity index (χ0) is 10.1. The van der Waals surface area contributed by atoms with Gasteiger partial charge in [0.15, 0.2) is 11.6 Å². The summed E-state index contributed by atoms with van der Waals surface area (Å²) in [4.78, 5) is 12.2. The van der Waals surface area contributed by atoms with Crippen LogP contribution in [0.3, 0.4) is 0 Å². The fraction of sp³-hybridized carbons (Fsp3) is 0.250. The molecule has 0 amide bonds. The second-order valence-electron chi connectivity index (χ2n) is 2.88. The predicted octanol–water partition coefficient (Wildman–Crippen LogP) is 0.256. The summed E-state index contributed by atoms with van der Waals surface area (Å²) in [5.74, 6) is 2.30. The van der Waals surface area contributed by atoms with Crippen LogP contribution in [0, 0.1) is 13.8 Å². The van der Waals surface area contributed by atoms with Crippen molar-refractivity contribution in [3.05, 3.63) is 24.0 Å². The Kier molecular flexibility index (Phi) is 1.88. The summed E-state index contributed by atoms with van der Waals surface area (Å²) in [6.45, 7) is 3.66. The number of nitrogens with two attached hydrogens (primary N) is 1. The summed E-state index contributed by atoms with van der Waals surface area (Å²) in [7, 11) is 0. The second-order valence-corrected chi connectivity index (χ2v) is 2.88. The molecule has 0 saturated heterocycles. The number of hydrogen-bond donors (Lipinski definition) is 1. The highest BCUT2D eigenvalue weighted by Gasteiger charge is 2.09. The third-order valence-electron chi connectivity index (χ3n) is 1.78. The van der Waals surface area contributed by atoms with E-state index in [-0.39, 0.29) is 0 Å². The van der Waals surface area contributed by atoms with E-state index in [1.54, 1.807) is 10.9 Å². The number of anilines is 1. The molecule has 2 N–H and O–H groups in total. The van der Waals surface area contributed by atoms with Crippen molar-refractivity contribution in [1.29, 1.82) is 0 Å². The molecule has 0 radical (unpaired) electrons. The second kappa shape index (κ2) is 3.06. The first-order chi connectivity index (χ1) is 6.68. The summed E-state index contributed by atoms with van der Waals surface area (Å²) >= 11 is 0. The van der Waals surface area contributed by atoms with Crippen LogP contribution < -0.4 is 5.73 Å². The number of nitrogens with zero attached hydrogens (tertiary/aromatic N) is 5. The van der Waals surface area contributed by atoms with Gasteiger partial charge in [0.25, 0.3) is 0 Å². The Balaban J connectivity index is 2.60. The molecule has 72 valence electrons. The first-order valence-corrected chi connectivity index (χ1v) is 4.15. The maximum Gasteiger partial charge on any atom is 0.198 e. The van der Waals surface area contributed by atoms with Crippen molar-refractivity contribution < 1.29 is 0 Å². The van der Waals surface area contributed by atoms with Gasteiger partial charge >= 0.3 is 0 Å². The highest BCUT2D eigenvalue weighted by molar-refractivity contribution is 5.45. The highest BCUT2D eigenvalue weighted by atomic mass is 15.4. The van der Waals surface area contributed by atoms with Gasteiger partial charge in [-0.05, 0) is 13.8 Å². The van der Waals surface area contributed by atoms with Crippen molar-refractivity contribution in [3.63, 3.8) is 0 Å². The van der Waals surface area contributed by atoms with Crippen LogP contribution >= 0.6 is 0 Å². The number of hydrogen-bond acceptors (Lipinski definition) is 5. The molecule has 0 atom stereocenters. The minimum atomic E-state index is 0.348. The molecular weight excluding hydrogens is 180 g/mol. The Labute approximate surface area is 80.8 Å². The average molecular weight is 190 g/mol. The maximum absolute atomic E-state index is 5.67. The van der Waals surface area contributed by atoms with Gasteiger partial charge < -0.3 is 5.73 Å². The van der Waals surface area contributed by atoms with Gasteiger partial charge in [-0.2, -0.15) is 4.68 Å². The van der Waals surface area contributed by atoms with E-state index in [1.165, 1.54) is 6.20 Å². The number of aromatic nitrogens is 5. The van der Waals surface area contributed by atoms with Crippen molar-refractivity contribution in [2.75, 3.05) is 5.73 Å². The minimum Gasteiger partial charge on any atom is -0.381 e. The van der Waals surface area contributed by atoms with Gasteiger partial charge in [0, 0.05) is 12.4 Å². The Hall–Kier alpha value is -1.98. The van der Waals surface area contributed by atoms with Crippen molar-refractivity contribution >= 4 is 5.82 Å². The summed E-state index contributed by atoms with van der Waals surface area (Å²) in [6, 6.07) is 0. The minimum absolute atomic E-state index is 0.348. The molecule has 0 aliphatic rings. The lowest BCUT2D eigenvalue weighted by molar-refractivity contribution is 0.800. The van der Waals surface area contributed by atoms with Crippen LogP contribution in [-0.4, -0.2) is 24.7 Å². The summed E-state index contributed by atoms with van der Waals surface area (Å²) < 4.78 is 1.58. The largest absolute Gasteiger partial charge is 0.381 e. The van der Waals surface area contributed by atoms with Gasteiger partial charge in [0.1, 0.15) is 11.6 Å². The molecule has 0 saturated carbocycles. The van der Waals surface area contributed by atoms with E-state index in [9.17, 15) is 0 Å². The number of nitrogen functional groups attached to an aromatic ring is 1. The molecule has 0 unspecified atom stereocenters. The highest BCUT2D eigenvalue weighted by Crippen LogP contribution is 2.10. The summed E-state index contributed by atoms with van der Waals surface area (Å²) in [5, 5.41) is 4.16. The summed E-state index contributed by atoms with van der Waals surface area (Å²) in [5.41, 5.74) is 5.67. The van der Waals surface area contributed by atoms with Crippen molar-refractivity contribution in [1.82, 2.24) is 24.7 Å². The Morgan fingerprint density at radius 1 is 1.21 bits per heavy atom. The molecule has 0 aromatic carbocycles. The fourth-order valence-corrected chi connectivity index (χ4v) is 1.23. The third-order valence-corrected chi connectivity index (χ3v) is 1.78. The molecule has 0 spiro atoms. The zero-order valence-corrected chi connectivity index (χ0v) is 7.97. The van der Waals surface area contributed by atoms with Crippen LogP contribution in [0.4, 0.5) is 5.82 Å². The van der Waals surface area contributed by atoms with Crippen LogP contribution in [0.15, 0.2) is 12.4 Å². The lowest BCUT2D eigenvalue weighted by atomic mass is 10.5. The third kappa shape index (κ3) is 1.30. The quantitative estimate of drug-likeness (QED) is 0.697. The topological polar surface area (TPSA) is 82.5 Å². The van der Waals surface area contributed by atoms with Gasteiger partial charge in [-0.15, -0.1) is 5.10 Å². The molecule has 14 heavy (non-hydrogen) atoms. The van der Waals surface area contributed by atoms with Gasteiger partial charge in [-0.3, -0.25) is 0 Å². The van der Waals surface area contributed by atoms with E-state index in [2.05, 4.69) is 20.1 Å². The molecule has 0 aliphatic carbocycles. The Morgan fingerprint density at radius 2 is 1.93 bits per heavy atom. The number of aryl methyl sites for hydroxylation is 2. The van der Waals surface area contributed by atoms with Crippen LogP contribution in [0.2, 0.25) is 0 Å².